The third-order valence-electron chi connectivity index (χ3n) is 2.51. The molecule has 0 aliphatic carbocycles. The first kappa shape index (κ1) is 13.9. The molecular formula is C12H16N6O2. The average molecular weight is 276 g/mol. The van der Waals surface area contributed by atoms with Crippen LogP contribution in [0.15, 0.2) is 12.1 Å². The number of hydrogen-bond donors (Lipinski definition) is 2. The van der Waals surface area contributed by atoms with Crippen LogP contribution in [0.3, 0.4) is 0 Å². The molecule has 2 aromatic rings. The van der Waals surface area contributed by atoms with E-state index in [4.69, 9.17) is 15.3 Å². The van der Waals surface area contributed by atoms with E-state index < -0.39 is 0 Å². The van der Waals surface area contributed by atoms with E-state index in [1.807, 2.05) is 26.0 Å². The number of hydrogen-bond acceptors (Lipinski definition) is 8. The Hall–Kier alpha value is -2.48. The normalized spacial score (nSPS) is 10.2. The third-order valence-corrected chi connectivity index (χ3v) is 2.51. The highest BCUT2D eigenvalue weighted by Gasteiger charge is 2.11. The standard InChI is InChI=1S/C12H16N6O2/c1-4-8-9(6-5-7(2)14-8)20-12-16-10(18-13)15-11(17-12)19-3/h5-6H,4,13H2,1-3H3,(H,15,16,17,18). The predicted molar refractivity (Wildman–Crippen MR) is 72.6 cm³/mol. The summed E-state index contributed by atoms with van der Waals surface area (Å²) < 4.78 is 10.6. The number of methoxy groups -OCH3 is 1. The maximum atomic E-state index is 5.64. The van der Waals surface area contributed by atoms with Gasteiger partial charge < -0.3 is 9.47 Å². The van der Waals surface area contributed by atoms with E-state index in [0.29, 0.717) is 5.75 Å². The van der Waals surface area contributed by atoms with Crippen molar-refractivity contribution in [2.45, 2.75) is 20.3 Å². The number of nitrogens with two attached hydrogens (primary N) is 1. The summed E-state index contributed by atoms with van der Waals surface area (Å²) in [5, 5.41) is 0. The second-order valence-electron chi connectivity index (χ2n) is 3.93. The molecule has 3 N–H and O–H groups in total. The van der Waals surface area contributed by atoms with Crippen molar-refractivity contribution in [1.29, 1.82) is 0 Å². The van der Waals surface area contributed by atoms with Crippen LogP contribution in [0.2, 0.25) is 0 Å². The van der Waals surface area contributed by atoms with Crippen LogP contribution in [0.1, 0.15) is 18.3 Å². The SMILES string of the molecule is CCc1nc(C)ccc1Oc1nc(NN)nc(OC)n1. The van der Waals surface area contributed by atoms with Gasteiger partial charge in [0.15, 0.2) is 5.75 Å². The van der Waals surface area contributed by atoms with Crippen LogP contribution in [0.5, 0.6) is 17.8 Å². The van der Waals surface area contributed by atoms with Crippen molar-refractivity contribution in [1.82, 2.24) is 19.9 Å². The van der Waals surface area contributed by atoms with E-state index in [9.17, 15) is 0 Å². The molecule has 2 rings (SSSR count). The van der Waals surface area contributed by atoms with Crippen molar-refractivity contribution >= 4 is 5.95 Å². The lowest BCUT2D eigenvalue weighted by Crippen LogP contribution is -2.12. The van der Waals surface area contributed by atoms with Gasteiger partial charge in [0.2, 0.25) is 5.95 Å². The molecule has 0 amide bonds. The quantitative estimate of drug-likeness (QED) is 0.620. The molecule has 0 bridgehead atoms. The predicted octanol–water partition coefficient (Wildman–Crippen LogP) is 1.22. The van der Waals surface area contributed by atoms with Gasteiger partial charge in [-0.3, -0.25) is 10.4 Å². The Morgan fingerprint density at radius 3 is 2.55 bits per heavy atom. The third kappa shape index (κ3) is 3.09. The second kappa shape index (κ2) is 6.11. The maximum absolute atomic E-state index is 5.64. The molecule has 2 aromatic heterocycles. The first-order valence-corrected chi connectivity index (χ1v) is 6.07. The Morgan fingerprint density at radius 1 is 1.15 bits per heavy atom. The first-order chi connectivity index (χ1) is 9.66. The molecule has 8 heteroatoms. The largest absolute Gasteiger partial charge is 0.467 e. The average Bonchev–Trinajstić information content (AvgIpc) is 2.48. The van der Waals surface area contributed by atoms with Gasteiger partial charge in [0, 0.05) is 5.69 Å². The van der Waals surface area contributed by atoms with Gasteiger partial charge in [-0.2, -0.15) is 9.97 Å². The molecule has 0 aliphatic rings. The summed E-state index contributed by atoms with van der Waals surface area (Å²) in [6.07, 6.45) is 0.737. The van der Waals surface area contributed by atoms with Gasteiger partial charge in [-0.1, -0.05) is 6.92 Å². The van der Waals surface area contributed by atoms with Crippen molar-refractivity contribution in [3.8, 4) is 17.8 Å². The molecule has 0 saturated carbocycles. The number of nitrogens with zero attached hydrogens (tertiary/aromatic N) is 4. The van der Waals surface area contributed by atoms with Crippen molar-refractivity contribution in [3.05, 3.63) is 23.5 Å². The molecule has 0 aromatic carbocycles. The van der Waals surface area contributed by atoms with Crippen LogP contribution in [-0.2, 0) is 6.42 Å². The number of hydrazine groups is 1. The molecule has 0 fully saturated rings. The lowest BCUT2D eigenvalue weighted by atomic mass is 10.2. The Balaban J connectivity index is 2.34. The number of anilines is 1. The molecule has 8 nitrogen and oxygen atoms in total. The van der Waals surface area contributed by atoms with Crippen molar-refractivity contribution in [2.24, 2.45) is 5.84 Å². The van der Waals surface area contributed by atoms with Crippen LogP contribution in [-0.4, -0.2) is 27.0 Å². The van der Waals surface area contributed by atoms with Gasteiger partial charge >= 0.3 is 12.0 Å². The fraction of sp³-hybridized carbons (Fsp3) is 0.333. The lowest BCUT2D eigenvalue weighted by molar-refractivity contribution is 0.359. The molecule has 0 spiro atoms. The summed E-state index contributed by atoms with van der Waals surface area (Å²) in [6, 6.07) is 3.88. The Labute approximate surface area is 116 Å². The zero-order chi connectivity index (χ0) is 14.5. The highest BCUT2D eigenvalue weighted by atomic mass is 16.5. The Kier molecular flexibility index (Phi) is 4.26. The van der Waals surface area contributed by atoms with Gasteiger partial charge in [-0.25, -0.2) is 5.84 Å². The van der Waals surface area contributed by atoms with Crippen LogP contribution in [0.4, 0.5) is 5.95 Å². The minimum atomic E-state index is 0.0881. The van der Waals surface area contributed by atoms with Gasteiger partial charge in [0.25, 0.3) is 0 Å². The topological polar surface area (TPSA) is 108 Å². The fourth-order valence-corrected chi connectivity index (χ4v) is 1.58. The summed E-state index contributed by atoms with van der Waals surface area (Å²) in [6.45, 7) is 3.92. The number of ether oxygens (including phenoxy) is 2. The molecule has 106 valence electrons. The molecular weight excluding hydrogens is 260 g/mol. The summed E-state index contributed by atoms with van der Waals surface area (Å²) in [7, 11) is 1.45. The fourth-order valence-electron chi connectivity index (χ4n) is 1.58. The van der Waals surface area contributed by atoms with Crippen LogP contribution >= 0.6 is 0 Å². The smallest absolute Gasteiger partial charge is 0.330 e. The van der Waals surface area contributed by atoms with Gasteiger partial charge in [-0.15, -0.1) is 4.98 Å². The molecule has 0 saturated heterocycles. The van der Waals surface area contributed by atoms with Gasteiger partial charge in [-0.05, 0) is 25.5 Å². The molecule has 0 atom stereocenters. The van der Waals surface area contributed by atoms with Crippen LogP contribution in [0, 0.1) is 6.92 Å². The van der Waals surface area contributed by atoms with Crippen LogP contribution < -0.4 is 20.7 Å². The summed E-state index contributed by atoms with van der Waals surface area (Å²) >= 11 is 0. The zero-order valence-corrected chi connectivity index (χ0v) is 11.5. The number of pyridine rings is 1. The maximum Gasteiger partial charge on any atom is 0.330 e. The highest BCUT2D eigenvalue weighted by molar-refractivity contribution is 5.33. The van der Waals surface area contributed by atoms with Crippen molar-refractivity contribution in [3.63, 3.8) is 0 Å². The summed E-state index contributed by atoms with van der Waals surface area (Å²) in [4.78, 5) is 16.3. The first-order valence-electron chi connectivity index (χ1n) is 6.07. The molecule has 20 heavy (non-hydrogen) atoms. The van der Waals surface area contributed by atoms with E-state index in [1.165, 1.54) is 7.11 Å². The summed E-state index contributed by atoms with van der Waals surface area (Å²) in [5.41, 5.74) is 4.08. The number of nitrogen functional groups attached to an aromatic ring is 1. The number of rotatable bonds is 5. The van der Waals surface area contributed by atoms with Crippen molar-refractivity contribution < 1.29 is 9.47 Å². The summed E-state index contributed by atoms with van der Waals surface area (Å²) in [5.74, 6) is 6.03. The lowest BCUT2D eigenvalue weighted by Gasteiger charge is -2.09. The van der Waals surface area contributed by atoms with Crippen LogP contribution in [0.25, 0.3) is 0 Å². The highest BCUT2D eigenvalue weighted by Crippen LogP contribution is 2.23. The van der Waals surface area contributed by atoms with Gasteiger partial charge in [0.1, 0.15) is 0 Å². The Bertz CT molecular complexity index is 582. The van der Waals surface area contributed by atoms with E-state index >= 15 is 0 Å². The molecule has 0 radical (unpaired) electrons. The van der Waals surface area contributed by atoms with Crippen molar-refractivity contribution in [2.75, 3.05) is 12.5 Å². The molecule has 2 heterocycles. The zero-order valence-electron chi connectivity index (χ0n) is 11.5. The molecule has 0 aliphatic heterocycles. The Morgan fingerprint density at radius 2 is 1.90 bits per heavy atom. The second-order valence-corrected chi connectivity index (χ2v) is 3.93. The van der Waals surface area contributed by atoms with E-state index in [1.54, 1.807) is 0 Å². The van der Waals surface area contributed by atoms with Gasteiger partial charge in [0.05, 0.1) is 12.8 Å². The van der Waals surface area contributed by atoms with E-state index in [0.717, 1.165) is 17.8 Å². The number of nitrogens with one attached hydrogen (secondary N) is 1. The number of aromatic nitrogens is 4. The molecule has 0 unspecified atom stereocenters. The minimum Gasteiger partial charge on any atom is -0.467 e. The minimum absolute atomic E-state index is 0.0881. The van der Waals surface area contributed by atoms with E-state index in [-0.39, 0.29) is 18.0 Å². The van der Waals surface area contributed by atoms with E-state index in [2.05, 4.69) is 25.4 Å². The monoisotopic (exact) mass is 276 g/mol. The number of aryl methyl sites for hydroxylation is 2.